The molecule has 1 aromatic carbocycles. The van der Waals surface area contributed by atoms with Crippen molar-refractivity contribution in [1.29, 1.82) is 0 Å². The van der Waals surface area contributed by atoms with E-state index in [4.69, 9.17) is 0 Å². The number of carbonyl (C=O) groups is 2. The molecule has 0 aliphatic heterocycles. The van der Waals surface area contributed by atoms with Crippen molar-refractivity contribution in [3.8, 4) is 0 Å². The van der Waals surface area contributed by atoms with Gasteiger partial charge in [0.05, 0.1) is 18.5 Å². The average molecular weight is 382 g/mol. The van der Waals surface area contributed by atoms with E-state index in [9.17, 15) is 23.1 Å². The number of carboxylic acid groups (broad SMARTS) is 1. The maximum Gasteiger partial charge on any atom is 0.308 e. The Kier molecular flexibility index (Phi) is 6.29. The van der Waals surface area contributed by atoms with Gasteiger partial charge in [0.2, 0.25) is 5.91 Å². The van der Waals surface area contributed by atoms with Gasteiger partial charge in [0.1, 0.15) is 4.21 Å². The van der Waals surface area contributed by atoms with Crippen LogP contribution in [0.1, 0.15) is 18.5 Å². The molecule has 2 atom stereocenters. The van der Waals surface area contributed by atoms with Crippen molar-refractivity contribution in [3.05, 3.63) is 53.4 Å². The third-order valence-corrected chi connectivity index (χ3v) is 6.35. The number of thiophene rings is 1. The zero-order valence-electron chi connectivity index (χ0n) is 13.4. The van der Waals surface area contributed by atoms with Gasteiger partial charge in [-0.3, -0.25) is 9.59 Å². The number of amides is 1. The molecule has 0 radical (unpaired) electrons. The fraction of sp³-hybridized carbons (Fsp3) is 0.250. The van der Waals surface area contributed by atoms with E-state index in [2.05, 4.69) is 10.0 Å². The minimum absolute atomic E-state index is 0.110. The van der Waals surface area contributed by atoms with Crippen LogP contribution in [0.15, 0.2) is 52.1 Å². The van der Waals surface area contributed by atoms with Gasteiger partial charge in [-0.1, -0.05) is 36.4 Å². The minimum Gasteiger partial charge on any atom is -0.481 e. The first-order valence-corrected chi connectivity index (χ1v) is 9.78. The highest BCUT2D eigenvalue weighted by molar-refractivity contribution is 7.91. The molecule has 0 bridgehead atoms. The van der Waals surface area contributed by atoms with E-state index in [1.165, 1.54) is 13.0 Å². The summed E-state index contributed by atoms with van der Waals surface area (Å²) in [6, 6.07) is 10.9. The van der Waals surface area contributed by atoms with E-state index < -0.39 is 40.4 Å². The van der Waals surface area contributed by atoms with Crippen LogP contribution in [-0.4, -0.2) is 31.9 Å². The van der Waals surface area contributed by atoms with Crippen LogP contribution in [0.2, 0.25) is 0 Å². The lowest BCUT2D eigenvalue weighted by molar-refractivity contribution is -0.142. The molecule has 3 N–H and O–H groups in total. The first-order chi connectivity index (χ1) is 11.8. The Morgan fingerprint density at radius 3 is 2.40 bits per heavy atom. The predicted molar refractivity (Wildman–Crippen MR) is 93.6 cm³/mol. The fourth-order valence-electron chi connectivity index (χ4n) is 2.17. The summed E-state index contributed by atoms with van der Waals surface area (Å²) in [5.74, 6) is -2.55. The largest absolute Gasteiger partial charge is 0.481 e. The lowest BCUT2D eigenvalue weighted by Gasteiger charge is -2.23. The van der Waals surface area contributed by atoms with Crippen LogP contribution in [0.5, 0.6) is 0 Å². The van der Waals surface area contributed by atoms with Crippen LogP contribution in [0.4, 0.5) is 0 Å². The van der Waals surface area contributed by atoms with Crippen molar-refractivity contribution in [2.75, 3.05) is 6.54 Å². The Balaban J connectivity index is 2.06. The number of aliphatic carboxylic acids is 1. The predicted octanol–water partition coefficient (Wildman–Crippen LogP) is 1.60. The van der Waals surface area contributed by atoms with Gasteiger partial charge in [-0.05, 0) is 23.9 Å². The number of hydrogen-bond acceptors (Lipinski definition) is 5. The molecule has 134 valence electrons. The van der Waals surface area contributed by atoms with Gasteiger partial charge in [-0.25, -0.2) is 13.1 Å². The van der Waals surface area contributed by atoms with Crippen LogP contribution >= 0.6 is 11.3 Å². The molecule has 0 spiro atoms. The molecule has 0 aliphatic rings. The Bertz CT molecular complexity index is 819. The van der Waals surface area contributed by atoms with E-state index in [0.29, 0.717) is 5.56 Å². The molecule has 25 heavy (non-hydrogen) atoms. The second kappa shape index (κ2) is 8.24. The van der Waals surface area contributed by atoms with Crippen LogP contribution in [-0.2, 0) is 19.6 Å². The van der Waals surface area contributed by atoms with E-state index in [1.54, 1.807) is 41.8 Å². The highest BCUT2D eigenvalue weighted by Gasteiger charge is 2.27. The molecule has 7 nitrogen and oxygen atoms in total. The van der Waals surface area contributed by atoms with Crippen LogP contribution < -0.4 is 10.0 Å². The fourth-order valence-corrected chi connectivity index (χ4v) is 4.19. The smallest absolute Gasteiger partial charge is 0.308 e. The van der Waals surface area contributed by atoms with Gasteiger partial charge in [-0.15, -0.1) is 11.3 Å². The lowest BCUT2D eigenvalue weighted by atomic mass is 9.94. The van der Waals surface area contributed by atoms with Gasteiger partial charge < -0.3 is 10.4 Å². The van der Waals surface area contributed by atoms with E-state index in [-0.39, 0.29) is 4.21 Å². The first kappa shape index (κ1) is 19.1. The third-order valence-electron chi connectivity index (χ3n) is 3.55. The zero-order chi connectivity index (χ0) is 18.4. The van der Waals surface area contributed by atoms with Crippen LogP contribution in [0.25, 0.3) is 0 Å². The minimum atomic E-state index is -3.76. The zero-order valence-corrected chi connectivity index (χ0v) is 15.0. The molecule has 1 aromatic heterocycles. The number of carbonyl (C=O) groups excluding carboxylic acids is 1. The summed E-state index contributed by atoms with van der Waals surface area (Å²) in [6.45, 7) is 1.01. The third kappa shape index (κ3) is 5.12. The van der Waals surface area contributed by atoms with Gasteiger partial charge in [-0.2, -0.15) is 0 Å². The van der Waals surface area contributed by atoms with Crippen molar-refractivity contribution in [1.82, 2.24) is 10.0 Å². The van der Waals surface area contributed by atoms with Crippen molar-refractivity contribution in [3.63, 3.8) is 0 Å². The van der Waals surface area contributed by atoms with Gasteiger partial charge in [0.15, 0.2) is 0 Å². The number of rotatable bonds is 8. The summed E-state index contributed by atoms with van der Waals surface area (Å²) in [6.07, 6.45) is 0. The molecule has 1 amide bonds. The van der Waals surface area contributed by atoms with Crippen LogP contribution in [0, 0.1) is 5.92 Å². The average Bonchev–Trinajstić information content (AvgIpc) is 3.13. The summed E-state index contributed by atoms with van der Waals surface area (Å²) in [7, 11) is -3.76. The topological polar surface area (TPSA) is 113 Å². The lowest BCUT2D eigenvalue weighted by Crippen LogP contribution is -2.41. The van der Waals surface area contributed by atoms with E-state index in [1.807, 2.05) is 0 Å². The molecule has 0 saturated carbocycles. The number of nitrogens with one attached hydrogen (secondary N) is 2. The highest BCUT2D eigenvalue weighted by atomic mass is 32.2. The van der Waals surface area contributed by atoms with Crippen LogP contribution in [0.3, 0.4) is 0 Å². The Morgan fingerprint density at radius 1 is 1.16 bits per heavy atom. The van der Waals surface area contributed by atoms with Gasteiger partial charge in [0, 0.05) is 0 Å². The normalized spacial score (nSPS) is 13.8. The highest BCUT2D eigenvalue weighted by Crippen LogP contribution is 2.22. The maximum atomic E-state index is 12.1. The number of benzene rings is 1. The Labute approximate surface area is 149 Å². The van der Waals surface area contributed by atoms with Crippen molar-refractivity contribution >= 4 is 33.2 Å². The summed E-state index contributed by atoms with van der Waals surface area (Å²) in [5.41, 5.74) is 0.631. The molecule has 2 rings (SSSR count). The van der Waals surface area contributed by atoms with Crippen molar-refractivity contribution in [2.45, 2.75) is 17.2 Å². The molecule has 0 saturated heterocycles. The summed E-state index contributed by atoms with van der Waals surface area (Å²) >= 11 is 1.04. The second-order valence-electron chi connectivity index (χ2n) is 5.34. The molecular weight excluding hydrogens is 364 g/mol. The summed E-state index contributed by atoms with van der Waals surface area (Å²) < 4.78 is 26.4. The van der Waals surface area contributed by atoms with Crippen molar-refractivity contribution < 1.29 is 23.1 Å². The Morgan fingerprint density at radius 2 is 1.84 bits per heavy atom. The molecule has 2 unspecified atom stereocenters. The molecule has 0 aliphatic carbocycles. The van der Waals surface area contributed by atoms with E-state index >= 15 is 0 Å². The SMILES string of the molecule is CC(C(=O)O)C(NC(=O)CNS(=O)(=O)c1cccs1)c1ccccc1. The van der Waals surface area contributed by atoms with Crippen molar-refractivity contribution in [2.24, 2.45) is 5.92 Å². The second-order valence-corrected chi connectivity index (χ2v) is 8.28. The molecular formula is C16H18N2O5S2. The molecule has 2 aromatic rings. The van der Waals surface area contributed by atoms with E-state index in [0.717, 1.165) is 11.3 Å². The number of carboxylic acids is 1. The quantitative estimate of drug-likeness (QED) is 0.642. The van der Waals surface area contributed by atoms with Gasteiger partial charge >= 0.3 is 5.97 Å². The maximum absolute atomic E-state index is 12.1. The number of sulfonamides is 1. The molecule has 0 fully saturated rings. The standard InChI is InChI=1S/C16H18N2O5S2/c1-11(16(20)21)15(12-6-3-2-4-7-12)18-13(19)10-17-25(22,23)14-8-5-9-24-14/h2-9,11,15,17H,10H2,1H3,(H,18,19)(H,20,21). The van der Waals surface area contributed by atoms with Gasteiger partial charge in [0.25, 0.3) is 10.0 Å². The molecule has 1 heterocycles. The number of hydrogen-bond donors (Lipinski definition) is 3. The first-order valence-electron chi connectivity index (χ1n) is 7.41. The summed E-state index contributed by atoms with van der Waals surface area (Å²) in [5, 5.41) is 13.5. The Hall–Kier alpha value is -2.23. The summed E-state index contributed by atoms with van der Waals surface area (Å²) in [4.78, 5) is 23.4. The molecule has 9 heteroatoms. The monoisotopic (exact) mass is 382 g/mol.